The number of hydrogen-bond acceptors (Lipinski definition) is 0. The highest BCUT2D eigenvalue weighted by atomic mass is 19.1. The van der Waals surface area contributed by atoms with Gasteiger partial charge < -0.3 is 0 Å². The predicted molar refractivity (Wildman–Crippen MR) is 63.5 cm³/mol. The van der Waals surface area contributed by atoms with Crippen LogP contribution in [0.3, 0.4) is 0 Å². The third-order valence-electron chi connectivity index (χ3n) is 3.17. The van der Waals surface area contributed by atoms with Crippen LogP contribution in [0.5, 0.6) is 0 Å². The van der Waals surface area contributed by atoms with Crippen LogP contribution in [0.4, 0.5) is 8.78 Å². The molecule has 2 rings (SSSR count). The van der Waals surface area contributed by atoms with Gasteiger partial charge in [0.25, 0.3) is 0 Å². The molecule has 0 saturated heterocycles. The normalized spacial score (nSPS) is 23.8. The second kappa shape index (κ2) is 5.97. The minimum absolute atomic E-state index is 0.347. The average molecular weight is 226 g/mol. The lowest BCUT2D eigenvalue weighted by Crippen LogP contribution is -2.02. The standard InChI is InChI=1S/C12H14F2.C2H6/c1-8-3-2-4-12(8)9-5-10(13)7-11(14)6-9;1-2/h5-8,12H,2-4H2,1H3;1-2H3/t8-,12+;/m1./s1. The van der Waals surface area contributed by atoms with Gasteiger partial charge in [-0.05, 0) is 36.0 Å². The highest BCUT2D eigenvalue weighted by Gasteiger charge is 2.25. The quantitative estimate of drug-likeness (QED) is 0.639. The van der Waals surface area contributed by atoms with Crippen molar-refractivity contribution in [3.8, 4) is 0 Å². The molecule has 0 bridgehead atoms. The van der Waals surface area contributed by atoms with Crippen molar-refractivity contribution in [2.24, 2.45) is 5.92 Å². The average Bonchev–Trinajstić information content (AvgIpc) is 2.66. The van der Waals surface area contributed by atoms with Crippen molar-refractivity contribution in [1.82, 2.24) is 0 Å². The number of halogens is 2. The monoisotopic (exact) mass is 226 g/mol. The summed E-state index contributed by atoms with van der Waals surface area (Å²) in [7, 11) is 0. The minimum atomic E-state index is -0.459. The first-order chi connectivity index (χ1) is 7.66. The zero-order chi connectivity index (χ0) is 12.1. The summed E-state index contributed by atoms with van der Waals surface area (Å²) in [6.45, 7) is 6.15. The van der Waals surface area contributed by atoms with Crippen LogP contribution in [0.2, 0.25) is 0 Å². The molecule has 0 heterocycles. The highest BCUT2D eigenvalue weighted by molar-refractivity contribution is 5.23. The van der Waals surface area contributed by atoms with E-state index in [1.54, 1.807) is 0 Å². The summed E-state index contributed by atoms with van der Waals surface area (Å²) in [4.78, 5) is 0. The van der Waals surface area contributed by atoms with Gasteiger partial charge in [-0.25, -0.2) is 8.78 Å². The lowest BCUT2D eigenvalue weighted by Gasteiger charge is -2.15. The van der Waals surface area contributed by atoms with E-state index in [2.05, 4.69) is 6.92 Å². The van der Waals surface area contributed by atoms with Gasteiger partial charge in [-0.2, -0.15) is 0 Å². The van der Waals surface area contributed by atoms with Crippen molar-refractivity contribution >= 4 is 0 Å². The van der Waals surface area contributed by atoms with Crippen LogP contribution in [0.1, 0.15) is 51.5 Å². The second-order valence-corrected chi connectivity index (χ2v) is 4.22. The Hall–Kier alpha value is -0.920. The van der Waals surface area contributed by atoms with Crippen LogP contribution < -0.4 is 0 Å². The molecule has 0 aromatic heterocycles. The van der Waals surface area contributed by atoms with Crippen molar-refractivity contribution in [3.63, 3.8) is 0 Å². The predicted octanol–water partition coefficient (Wildman–Crippen LogP) is 4.89. The Morgan fingerprint density at radius 1 is 1.00 bits per heavy atom. The summed E-state index contributed by atoms with van der Waals surface area (Å²) in [5.74, 6) is -0.0189. The molecule has 90 valence electrons. The molecule has 0 aliphatic heterocycles. The van der Waals surface area contributed by atoms with Crippen LogP contribution in [0.15, 0.2) is 18.2 Å². The van der Waals surface area contributed by atoms with Crippen LogP contribution in [0.25, 0.3) is 0 Å². The molecule has 0 unspecified atom stereocenters. The lowest BCUT2D eigenvalue weighted by molar-refractivity contribution is 0.519. The molecule has 1 saturated carbocycles. The summed E-state index contributed by atoms with van der Waals surface area (Å²) in [5.41, 5.74) is 0.826. The summed E-state index contributed by atoms with van der Waals surface area (Å²) in [6, 6.07) is 3.87. The fraction of sp³-hybridized carbons (Fsp3) is 0.571. The SMILES string of the molecule is CC.C[C@@H]1CCC[C@@H]1c1cc(F)cc(F)c1. The van der Waals surface area contributed by atoms with Gasteiger partial charge in [0.05, 0.1) is 0 Å². The lowest BCUT2D eigenvalue weighted by atomic mass is 9.90. The Morgan fingerprint density at radius 2 is 1.56 bits per heavy atom. The molecular weight excluding hydrogens is 206 g/mol. The van der Waals surface area contributed by atoms with Crippen LogP contribution in [0, 0.1) is 17.6 Å². The summed E-state index contributed by atoms with van der Waals surface area (Å²) in [5, 5.41) is 0. The molecule has 1 aromatic carbocycles. The number of rotatable bonds is 1. The summed E-state index contributed by atoms with van der Waals surface area (Å²) >= 11 is 0. The first-order valence-corrected chi connectivity index (χ1v) is 6.13. The van der Waals surface area contributed by atoms with Gasteiger partial charge in [-0.1, -0.05) is 33.6 Å². The molecule has 1 fully saturated rings. The van der Waals surface area contributed by atoms with Gasteiger partial charge in [-0.3, -0.25) is 0 Å². The zero-order valence-corrected chi connectivity index (χ0v) is 10.3. The fourth-order valence-corrected chi connectivity index (χ4v) is 2.43. The van der Waals surface area contributed by atoms with Crippen molar-refractivity contribution in [3.05, 3.63) is 35.4 Å². The first kappa shape index (κ1) is 13.1. The summed E-state index contributed by atoms with van der Waals surface area (Å²) in [6.07, 6.45) is 3.40. The second-order valence-electron chi connectivity index (χ2n) is 4.22. The molecular formula is C14H20F2. The largest absolute Gasteiger partial charge is 0.207 e. The van der Waals surface area contributed by atoms with E-state index in [1.807, 2.05) is 13.8 Å². The Morgan fingerprint density at radius 3 is 2.00 bits per heavy atom. The van der Waals surface area contributed by atoms with Crippen molar-refractivity contribution in [2.75, 3.05) is 0 Å². The van der Waals surface area contributed by atoms with E-state index in [-0.39, 0.29) is 0 Å². The molecule has 0 N–H and O–H groups in total. The minimum Gasteiger partial charge on any atom is -0.207 e. The van der Waals surface area contributed by atoms with Gasteiger partial charge >= 0.3 is 0 Å². The van der Waals surface area contributed by atoms with Gasteiger partial charge in [0.1, 0.15) is 11.6 Å². The molecule has 0 nitrogen and oxygen atoms in total. The molecule has 0 spiro atoms. The smallest absolute Gasteiger partial charge is 0.126 e. The first-order valence-electron chi connectivity index (χ1n) is 6.13. The molecule has 2 heteroatoms. The van der Waals surface area contributed by atoms with Crippen LogP contribution >= 0.6 is 0 Å². The topological polar surface area (TPSA) is 0 Å². The third kappa shape index (κ3) is 3.03. The maximum atomic E-state index is 13.0. The third-order valence-corrected chi connectivity index (χ3v) is 3.17. The van der Waals surface area contributed by atoms with Gasteiger partial charge in [-0.15, -0.1) is 0 Å². The van der Waals surface area contributed by atoms with E-state index < -0.39 is 11.6 Å². The van der Waals surface area contributed by atoms with Crippen LogP contribution in [-0.4, -0.2) is 0 Å². The van der Waals surface area contributed by atoms with E-state index in [4.69, 9.17) is 0 Å². The maximum absolute atomic E-state index is 13.0. The van der Waals surface area contributed by atoms with Gasteiger partial charge in [0.2, 0.25) is 0 Å². The Kier molecular flexibility index (Phi) is 4.91. The van der Waals surface area contributed by atoms with E-state index in [0.717, 1.165) is 18.1 Å². The molecule has 2 atom stereocenters. The Balaban J connectivity index is 0.000000606. The number of hydrogen-bond donors (Lipinski definition) is 0. The van der Waals surface area contributed by atoms with E-state index in [0.29, 0.717) is 11.8 Å². The van der Waals surface area contributed by atoms with Gasteiger partial charge in [0.15, 0.2) is 0 Å². The van der Waals surface area contributed by atoms with Crippen LogP contribution in [-0.2, 0) is 0 Å². The molecule has 16 heavy (non-hydrogen) atoms. The summed E-state index contributed by atoms with van der Waals surface area (Å²) < 4.78 is 25.9. The van der Waals surface area contributed by atoms with Crippen molar-refractivity contribution in [1.29, 1.82) is 0 Å². The van der Waals surface area contributed by atoms with E-state index >= 15 is 0 Å². The number of benzene rings is 1. The Bertz CT molecular complexity index is 313. The molecule has 0 amide bonds. The molecule has 1 aliphatic rings. The van der Waals surface area contributed by atoms with Gasteiger partial charge in [0, 0.05) is 6.07 Å². The van der Waals surface area contributed by atoms with E-state index in [1.165, 1.54) is 25.0 Å². The van der Waals surface area contributed by atoms with Crippen molar-refractivity contribution < 1.29 is 8.78 Å². The fourth-order valence-electron chi connectivity index (χ4n) is 2.43. The van der Waals surface area contributed by atoms with Crippen molar-refractivity contribution in [2.45, 2.75) is 46.0 Å². The Labute approximate surface area is 96.7 Å². The maximum Gasteiger partial charge on any atom is 0.126 e. The molecule has 1 aromatic rings. The highest BCUT2D eigenvalue weighted by Crippen LogP contribution is 2.39. The van der Waals surface area contributed by atoms with E-state index in [9.17, 15) is 8.78 Å². The zero-order valence-electron chi connectivity index (χ0n) is 10.3. The molecule has 0 radical (unpaired) electrons. The molecule has 1 aliphatic carbocycles.